The number of carbonyl (C=O) groups is 2. The largest absolute Gasteiger partial charge is 0.507 e. The Kier molecular flexibility index (Phi) is 2.07. The van der Waals surface area contributed by atoms with Crippen LogP contribution in [0.4, 0.5) is 4.39 Å². The van der Waals surface area contributed by atoms with Crippen molar-refractivity contribution in [3.63, 3.8) is 0 Å². The highest BCUT2D eigenvalue weighted by atomic mass is 19.1. The first-order valence-electron chi connectivity index (χ1n) is 5.31. The van der Waals surface area contributed by atoms with Gasteiger partial charge in [-0.15, -0.1) is 0 Å². The van der Waals surface area contributed by atoms with Gasteiger partial charge in [0.25, 0.3) is 0 Å². The van der Waals surface area contributed by atoms with Crippen molar-refractivity contribution in [2.24, 2.45) is 0 Å². The summed E-state index contributed by atoms with van der Waals surface area (Å²) in [4.78, 5) is 24.3. The lowest BCUT2D eigenvalue weighted by atomic mass is 9.83. The molecule has 3 rings (SSSR count). The molecular formula is C14H7FO3. The van der Waals surface area contributed by atoms with Gasteiger partial charge in [0.2, 0.25) is 5.78 Å². The second-order valence-electron chi connectivity index (χ2n) is 4.02. The second kappa shape index (κ2) is 3.50. The minimum atomic E-state index is -0.750. The lowest BCUT2D eigenvalue weighted by Crippen LogP contribution is -2.22. The SMILES string of the molecule is O=C1c2cccc(O)c2C(=O)c2c(F)cccc21. The van der Waals surface area contributed by atoms with Crippen molar-refractivity contribution in [3.8, 4) is 5.75 Å². The van der Waals surface area contributed by atoms with Crippen LogP contribution in [-0.2, 0) is 0 Å². The summed E-state index contributed by atoms with van der Waals surface area (Å²) in [5.74, 6) is -2.16. The Hall–Kier alpha value is -2.49. The number of rotatable bonds is 0. The van der Waals surface area contributed by atoms with E-state index in [0.29, 0.717) is 0 Å². The molecule has 0 fully saturated rings. The molecule has 1 aliphatic carbocycles. The molecule has 4 heteroatoms. The molecule has 0 atom stereocenters. The lowest BCUT2D eigenvalue weighted by Gasteiger charge is -2.18. The molecular weight excluding hydrogens is 235 g/mol. The Balaban J connectivity index is 2.40. The molecule has 3 nitrogen and oxygen atoms in total. The number of carbonyl (C=O) groups excluding carboxylic acids is 2. The molecule has 0 aliphatic heterocycles. The number of hydrogen-bond acceptors (Lipinski definition) is 3. The summed E-state index contributed by atoms with van der Waals surface area (Å²) >= 11 is 0. The molecule has 1 N–H and O–H groups in total. The molecule has 0 spiro atoms. The van der Waals surface area contributed by atoms with Crippen LogP contribution in [0.3, 0.4) is 0 Å². The third-order valence-electron chi connectivity index (χ3n) is 3.00. The fourth-order valence-electron chi connectivity index (χ4n) is 2.18. The number of benzene rings is 2. The Bertz CT molecular complexity index is 647. The zero-order valence-corrected chi connectivity index (χ0v) is 9.11. The van der Waals surface area contributed by atoms with Crippen molar-refractivity contribution >= 4 is 11.6 Å². The summed E-state index contributed by atoms with van der Waals surface area (Å²) < 4.78 is 13.7. The fourth-order valence-corrected chi connectivity index (χ4v) is 2.18. The van der Waals surface area contributed by atoms with Crippen molar-refractivity contribution in [3.05, 3.63) is 64.5 Å². The predicted molar refractivity (Wildman–Crippen MR) is 61.4 cm³/mol. The summed E-state index contributed by atoms with van der Waals surface area (Å²) in [6.45, 7) is 0. The number of ketones is 2. The summed E-state index contributed by atoms with van der Waals surface area (Å²) in [7, 11) is 0. The van der Waals surface area contributed by atoms with Crippen LogP contribution < -0.4 is 0 Å². The van der Waals surface area contributed by atoms with Gasteiger partial charge in [-0.1, -0.05) is 24.3 Å². The molecule has 2 aromatic carbocycles. The van der Waals surface area contributed by atoms with E-state index >= 15 is 0 Å². The molecule has 18 heavy (non-hydrogen) atoms. The maximum Gasteiger partial charge on any atom is 0.201 e. The van der Waals surface area contributed by atoms with Crippen LogP contribution in [0.25, 0.3) is 0 Å². The average Bonchev–Trinajstić information content (AvgIpc) is 2.35. The molecule has 0 saturated heterocycles. The lowest BCUT2D eigenvalue weighted by molar-refractivity contribution is 0.0973. The first kappa shape index (κ1) is 10.7. The number of phenols is 1. The van der Waals surface area contributed by atoms with Crippen LogP contribution >= 0.6 is 0 Å². The van der Waals surface area contributed by atoms with Gasteiger partial charge in [-0.3, -0.25) is 9.59 Å². The van der Waals surface area contributed by atoms with Gasteiger partial charge in [-0.2, -0.15) is 0 Å². The third-order valence-corrected chi connectivity index (χ3v) is 3.00. The van der Waals surface area contributed by atoms with Crippen LogP contribution in [0.1, 0.15) is 31.8 Å². The van der Waals surface area contributed by atoms with Gasteiger partial charge in [-0.25, -0.2) is 4.39 Å². The highest BCUT2D eigenvalue weighted by Gasteiger charge is 2.33. The zero-order chi connectivity index (χ0) is 12.9. The second-order valence-corrected chi connectivity index (χ2v) is 4.02. The molecule has 0 radical (unpaired) electrons. The van der Waals surface area contributed by atoms with Crippen LogP contribution in [0.15, 0.2) is 36.4 Å². The number of fused-ring (bicyclic) bond motifs is 2. The van der Waals surface area contributed by atoms with E-state index < -0.39 is 17.4 Å². The van der Waals surface area contributed by atoms with E-state index in [0.717, 1.165) is 6.07 Å². The summed E-state index contributed by atoms with van der Waals surface area (Å²) in [6.07, 6.45) is 0. The zero-order valence-electron chi connectivity index (χ0n) is 9.11. The number of phenolic OH excluding ortho intramolecular Hbond substituents is 1. The van der Waals surface area contributed by atoms with Crippen molar-refractivity contribution in [1.29, 1.82) is 0 Å². The monoisotopic (exact) mass is 242 g/mol. The van der Waals surface area contributed by atoms with Gasteiger partial charge in [0.15, 0.2) is 5.78 Å². The van der Waals surface area contributed by atoms with Gasteiger partial charge in [-0.05, 0) is 12.1 Å². The number of halogens is 1. The maximum atomic E-state index is 13.7. The van der Waals surface area contributed by atoms with Crippen molar-refractivity contribution in [2.45, 2.75) is 0 Å². The van der Waals surface area contributed by atoms with E-state index in [1.165, 1.54) is 30.3 Å². The first-order valence-corrected chi connectivity index (χ1v) is 5.31. The quantitative estimate of drug-likeness (QED) is 0.658. The van der Waals surface area contributed by atoms with Gasteiger partial charge in [0.05, 0.1) is 11.1 Å². The Morgan fingerprint density at radius 3 is 2.17 bits per heavy atom. The Labute approximate surface area is 101 Å². The van der Waals surface area contributed by atoms with Crippen LogP contribution in [0.2, 0.25) is 0 Å². The topological polar surface area (TPSA) is 54.4 Å². The normalized spacial score (nSPS) is 13.2. The summed E-state index contributed by atoms with van der Waals surface area (Å²) in [6, 6.07) is 8.14. The molecule has 0 amide bonds. The fraction of sp³-hybridized carbons (Fsp3) is 0. The van der Waals surface area contributed by atoms with E-state index in [-0.39, 0.29) is 28.0 Å². The van der Waals surface area contributed by atoms with E-state index in [4.69, 9.17) is 0 Å². The molecule has 0 saturated carbocycles. The maximum absolute atomic E-state index is 13.7. The Morgan fingerprint density at radius 1 is 0.833 bits per heavy atom. The molecule has 0 aromatic heterocycles. The van der Waals surface area contributed by atoms with Crippen LogP contribution in [0, 0.1) is 5.82 Å². The first-order chi connectivity index (χ1) is 8.61. The highest BCUT2D eigenvalue weighted by molar-refractivity contribution is 6.29. The molecule has 0 bridgehead atoms. The molecule has 88 valence electrons. The predicted octanol–water partition coefficient (Wildman–Crippen LogP) is 2.31. The standard InChI is InChI=1S/C14H7FO3/c15-9-5-1-3-7-11(9)14(18)12-8(13(7)17)4-2-6-10(12)16/h1-6,16H. The van der Waals surface area contributed by atoms with E-state index in [1.807, 2.05) is 0 Å². The smallest absolute Gasteiger partial charge is 0.201 e. The Morgan fingerprint density at radius 2 is 1.44 bits per heavy atom. The summed E-state index contributed by atoms with van der Waals surface area (Å²) in [5.41, 5.74) is -0.243. The minimum Gasteiger partial charge on any atom is -0.507 e. The number of hydrogen-bond donors (Lipinski definition) is 1. The third kappa shape index (κ3) is 1.23. The molecule has 1 aliphatic rings. The van der Waals surface area contributed by atoms with Crippen molar-refractivity contribution in [1.82, 2.24) is 0 Å². The van der Waals surface area contributed by atoms with Gasteiger partial charge in [0, 0.05) is 11.1 Å². The average molecular weight is 242 g/mol. The number of aromatic hydroxyl groups is 1. The summed E-state index contributed by atoms with van der Waals surface area (Å²) in [5, 5.41) is 9.67. The van der Waals surface area contributed by atoms with Gasteiger partial charge >= 0.3 is 0 Å². The van der Waals surface area contributed by atoms with Crippen molar-refractivity contribution in [2.75, 3.05) is 0 Å². The van der Waals surface area contributed by atoms with E-state index in [2.05, 4.69) is 0 Å². The van der Waals surface area contributed by atoms with Gasteiger partial charge < -0.3 is 5.11 Å². The van der Waals surface area contributed by atoms with Crippen molar-refractivity contribution < 1.29 is 19.1 Å². The highest BCUT2D eigenvalue weighted by Crippen LogP contribution is 2.33. The molecule has 0 unspecified atom stereocenters. The van der Waals surface area contributed by atoms with Gasteiger partial charge in [0.1, 0.15) is 11.6 Å². The molecule has 0 heterocycles. The minimum absolute atomic E-state index is 0.0399. The van der Waals surface area contributed by atoms with Crippen LogP contribution in [-0.4, -0.2) is 16.7 Å². The van der Waals surface area contributed by atoms with E-state index in [1.54, 1.807) is 0 Å². The molecule has 2 aromatic rings. The van der Waals surface area contributed by atoms with E-state index in [9.17, 15) is 19.1 Å². The van der Waals surface area contributed by atoms with Crippen LogP contribution in [0.5, 0.6) is 5.75 Å².